The van der Waals surface area contributed by atoms with Crippen molar-refractivity contribution in [2.24, 2.45) is 0 Å². The number of hydrogen-bond acceptors (Lipinski definition) is 4. The van der Waals surface area contributed by atoms with Crippen molar-refractivity contribution in [1.82, 2.24) is 25.1 Å². The number of hydrogen-bond donors (Lipinski definition) is 1. The number of aromatic nitrogens is 4. The number of amides is 1. The second-order valence-corrected chi connectivity index (χ2v) is 5.74. The van der Waals surface area contributed by atoms with E-state index in [-0.39, 0.29) is 17.5 Å². The van der Waals surface area contributed by atoms with Gasteiger partial charge in [-0.25, -0.2) is 4.98 Å². The number of nitrogens with zero attached hydrogens (tertiary/aromatic N) is 4. The number of halogens is 1. The van der Waals surface area contributed by atoms with Crippen molar-refractivity contribution >= 4 is 5.91 Å². The fraction of sp³-hybridized carbons (Fsp3) is 0.500. The average molecular weight is 317 g/mol. The van der Waals surface area contributed by atoms with Crippen LogP contribution in [-0.2, 0) is 13.0 Å². The first-order chi connectivity index (χ1) is 11.2. The molecule has 2 aromatic heterocycles. The minimum Gasteiger partial charge on any atom is -0.342 e. The zero-order valence-electron chi connectivity index (χ0n) is 13.1. The van der Waals surface area contributed by atoms with Crippen molar-refractivity contribution in [1.29, 1.82) is 0 Å². The van der Waals surface area contributed by atoms with Gasteiger partial charge in [-0.15, -0.1) is 10.2 Å². The first kappa shape index (κ1) is 15.6. The number of carbonyl (C=O) groups is 1. The lowest BCUT2D eigenvalue weighted by Gasteiger charge is -2.18. The molecule has 3 rings (SSSR count). The van der Waals surface area contributed by atoms with E-state index in [2.05, 4.69) is 25.1 Å². The minimum atomic E-state index is -0.665. The molecule has 1 aliphatic rings. The maximum absolute atomic E-state index is 13.2. The Labute approximate surface area is 134 Å². The smallest absolute Gasteiger partial charge is 0.252 e. The van der Waals surface area contributed by atoms with Crippen LogP contribution in [0.2, 0.25) is 0 Å². The number of nitrogens with one attached hydrogen (secondary N) is 1. The SMILES string of the molecule is CC[C@@H](NC(=O)c1ccnc(F)c1)c1nnc2n1CCCCC2. The largest absolute Gasteiger partial charge is 0.342 e. The fourth-order valence-electron chi connectivity index (χ4n) is 2.90. The Kier molecular flexibility index (Phi) is 4.64. The van der Waals surface area contributed by atoms with Crippen molar-refractivity contribution in [3.63, 3.8) is 0 Å². The van der Waals surface area contributed by atoms with E-state index in [1.807, 2.05) is 6.92 Å². The summed E-state index contributed by atoms with van der Waals surface area (Å²) in [5.74, 6) is 0.776. The molecule has 3 heterocycles. The van der Waals surface area contributed by atoms with E-state index in [0.717, 1.165) is 43.5 Å². The minimum absolute atomic E-state index is 0.238. The highest BCUT2D eigenvalue weighted by atomic mass is 19.1. The lowest BCUT2D eigenvalue weighted by Crippen LogP contribution is -2.30. The van der Waals surface area contributed by atoms with E-state index in [1.54, 1.807) is 0 Å². The zero-order valence-corrected chi connectivity index (χ0v) is 13.1. The van der Waals surface area contributed by atoms with Gasteiger partial charge in [0.15, 0.2) is 5.82 Å². The second kappa shape index (κ2) is 6.85. The van der Waals surface area contributed by atoms with Crippen LogP contribution in [0, 0.1) is 5.95 Å². The van der Waals surface area contributed by atoms with Crippen molar-refractivity contribution in [2.75, 3.05) is 0 Å². The fourth-order valence-corrected chi connectivity index (χ4v) is 2.90. The Morgan fingerprint density at radius 3 is 3.04 bits per heavy atom. The highest BCUT2D eigenvalue weighted by Crippen LogP contribution is 2.21. The summed E-state index contributed by atoms with van der Waals surface area (Å²) >= 11 is 0. The number of fused-ring (bicyclic) bond motifs is 1. The maximum Gasteiger partial charge on any atom is 0.252 e. The molecule has 6 nitrogen and oxygen atoms in total. The quantitative estimate of drug-likeness (QED) is 0.879. The topological polar surface area (TPSA) is 72.7 Å². The van der Waals surface area contributed by atoms with Crippen LogP contribution in [-0.4, -0.2) is 25.7 Å². The summed E-state index contributed by atoms with van der Waals surface area (Å²) in [6.45, 7) is 2.87. The third-order valence-electron chi connectivity index (χ3n) is 4.15. The molecule has 0 bridgehead atoms. The molecule has 0 aliphatic carbocycles. The molecule has 0 radical (unpaired) electrons. The summed E-state index contributed by atoms with van der Waals surface area (Å²) < 4.78 is 15.3. The predicted octanol–water partition coefficient (Wildman–Crippen LogP) is 2.42. The number of aryl methyl sites for hydroxylation is 1. The van der Waals surface area contributed by atoms with Gasteiger partial charge in [0.25, 0.3) is 5.91 Å². The van der Waals surface area contributed by atoms with Gasteiger partial charge in [-0.3, -0.25) is 4.79 Å². The van der Waals surface area contributed by atoms with Crippen LogP contribution in [0.4, 0.5) is 4.39 Å². The molecule has 23 heavy (non-hydrogen) atoms. The van der Waals surface area contributed by atoms with Crippen LogP contribution in [0.5, 0.6) is 0 Å². The molecule has 0 saturated heterocycles. The van der Waals surface area contributed by atoms with E-state index in [0.29, 0.717) is 6.42 Å². The van der Waals surface area contributed by atoms with E-state index in [9.17, 15) is 9.18 Å². The predicted molar refractivity (Wildman–Crippen MR) is 82.3 cm³/mol. The Balaban J connectivity index is 1.80. The van der Waals surface area contributed by atoms with Crippen molar-refractivity contribution in [3.05, 3.63) is 41.5 Å². The molecule has 0 spiro atoms. The van der Waals surface area contributed by atoms with Crippen LogP contribution in [0.3, 0.4) is 0 Å². The lowest BCUT2D eigenvalue weighted by atomic mass is 10.1. The Hall–Kier alpha value is -2.31. The summed E-state index contributed by atoms with van der Waals surface area (Å²) in [5.41, 5.74) is 0.256. The first-order valence-electron chi connectivity index (χ1n) is 8.03. The van der Waals surface area contributed by atoms with Gasteiger partial charge in [0, 0.05) is 30.8 Å². The molecule has 0 saturated carbocycles. The molecule has 1 aliphatic heterocycles. The molecule has 1 atom stereocenters. The third-order valence-corrected chi connectivity index (χ3v) is 4.15. The standard InChI is InChI=1S/C16H20FN5O/c1-2-12(19-16(23)11-7-8-18-13(17)10-11)15-21-20-14-6-4-3-5-9-22(14)15/h7-8,10,12H,2-6,9H2,1H3,(H,19,23)/t12-/m1/s1. The van der Waals surface area contributed by atoms with Crippen LogP contribution in [0.15, 0.2) is 18.3 Å². The van der Waals surface area contributed by atoms with Crippen molar-refractivity contribution in [3.8, 4) is 0 Å². The molecule has 0 unspecified atom stereocenters. The molecular formula is C16H20FN5O. The van der Waals surface area contributed by atoms with Crippen LogP contribution in [0.25, 0.3) is 0 Å². The number of carbonyl (C=O) groups excluding carboxylic acids is 1. The van der Waals surface area contributed by atoms with Gasteiger partial charge >= 0.3 is 0 Å². The summed E-state index contributed by atoms with van der Waals surface area (Å²) in [5, 5.41) is 11.5. The van der Waals surface area contributed by atoms with E-state index >= 15 is 0 Å². The van der Waals surface area contributed by atoms with Gasteiger partial charge in [-0.05, 0) is 25.3 Å². The van der Waals surface area contributed by atoms with E-state index in [4.69, 9.17) is 0 Å². The molecule has 1 amide bonds. The maximum atomic E-state index is 13.2. The molecule has 122 valence electrons. The Bertz CT molecular complexity index is 700. The number of rotatable bonds is 4. The monoisotopic (exact) mass is 317 g/mol. The highest BCUT2D eigenvalue weighted by molar-refractivity contribution is 5.94. The summed E-state index contributed by atoms with van der Waals surface area (Å²) in [4.78, 5) is 15.8. The molecule has 0 fully saturated rings. The lowest BCUT2D eigenvalue weighted by molar-refractivity contribution is 0.0932. The normalized spacial score (nSPS) is 15.6. The molecular weight excluding hydrogens is 297 g/mol. The summed E-state index contributed by atoms with van der Waals surface area (Å²) in [6, 6.07) is 2.39. The molecule has 1 N–H and O–H groups in total. The molecule has 0 aromatic carbocycles. The van der Waals surface area contributed by atoms with Crippen molar-refractivity contribution in [2.45, 2.75) is 51.6 Å². The van der Waals surface area contributed by atoms with E-state index in [1.165, 1.54) is 18.7 Å². The van der Waals surface area contributed by atoms with Gasteiger partial charge in [0.05, 0.1) is 6.04 Å². The zero-order chi connectivity index (χ0) is 16.2. The van der Waals surface area contributed by atoms with Crippen LogP contribution in [0.1, 0.15) is 60.7 Å². The first-order valence-corrected chi connectivity index (χ1v) is 8.03. The summed E-state index contributed by atoms with van der Waals surface area (Å²) in [6.07, 6.45) is 6.30. The van der Waals surface area contributed by atoms with Gasteiger partial charge in [-0.2, -0.15) is 4.39 Å². The van der Waals surface area contributed by atoms with Gasteiger partial charge in [0.2, 0.25) is 5.95 Å². The Morgan fingerprint density at radius 1 is 1.39 bits per heavy atom. The Morgan fingerprint density at radius 2 is 2.26 bits per heavy atom. The number of pyridine rings is 1. The van der Waals surface area contributed by atoms with E-state index < -0.39 is 5.95 Å². The van der Waals surface area contributed by atoms with Gasteiger partial charge < -0.3 is 9.88 Å². The molecule has 2 aromatic rings. The summed E-state index contributed by atoms with van der Waals surface area (Å²) in [7, 11) is 0. The molecule has 7 heteroatoms. The van der Waals surface area contributed by atoms with Crippen LogP contribution >= 0.6 is 0 Å². The average Bonchev–Trinajstić information content (AvgIpc) is 2.80. The highest BCUT2D eigenvalue weighted by Gasteiger charge is 2.23. The van der Waals surface area contributed by atoms with Crippen LogP contribution < -0.4 is 5.32 Å². The third kappa shape index (κ3) is 3.38. The van der Waals surface area contributed by atoms with Gasteiger partial charge in [0.1, 0.15) is 5.82 Å². The van der Waals surface area contributed by atoms with Crippen molar-refractivity contribution < 1.29 is 9.18 Å². The second-order valence-electron chi connectivity index (χ2n) is 5.74. The van der Waals surface area contributed by atoms with Gasteiger partial charge in [-0.1, -0.05) is 13.3 Å².